The molecule has 8 heteroatoms. The molecule has 33 heavy (non-hydrogen) atoms. The van der Waals surface area contributed by atoms with Crippen LogP contribution < -0.4 is 10.3 Å². The lowest BCUT2D eigenvalue weighted by Gasteiger charge is -2.14. The van der Waals surface area contributed by atoms with Crippen molar-refractivity contribution in [3.05, 3.63) is 88.9 Å². The molecular formula is C25H23N3O4S. The number of pyridine rings is 2. The Bertz CT molecular complexity index is 1560. The minimum atomic E-state index is -3.96. The van der Waals surface area contributed by atoms with Crippen LogP contribution in [0.1, 0.15) is 24.8 Å². The second kappa shape index (κ2) is 8.04. The number of nitrogens with zero attached hydrogens (tertiary/aromatic N) is 3. The number of benzene rings is 1. The lowest BCUT2D eigenvalue weighted by molar-refractivity contribution is 0.413. The van der Waals surface area contributed by atoms with Gasteiger partial charge >= 0.3 is 0 Å². The van der Waals surface area contributed by atoms with E-state index < -0.39 is 15.6 Å². The summed E-state index contributed by atoms with van der Waals surface area (Å²) in [4.78, 5) is 17.5. The van der Waals surface area contributed by atoms with Gasteiger partial charge in [0.15, 0.2) is 0 Å². The fourth-order valence-electron chi connectivity index (χ4n) is 4.12. The van der Waals surface area contributed by atoms with Crippen LogP contribution in [0.2, 0.25) is 0 Å². The average molecular weight is 462 g/mol. The molecule has 168 valence electrons. The number of fused-ring (bicyclic) bond motifs is 1. The second-order valence-electron chi connectivity index (χ2n) is 8.19. The largest absolute Gasteiger partial charge is 0.461 e. The van der Waals surface area contributed by atoms with Gasteiger partial charge in [-0.05, 0) is 50.1 Å². The van der Waals surface area contributed by atoms with Crippen LogP contribution in [-0.4, -0.2) is 21.9 Å². The molecule has 0 amide bonds. The van der Waals surface area contributed by atoms with Gasteiger partial charge in [0.1, 0.15) is 17.0 Å². The summed E-state index contributed by atoms with van der Waals surface area (Å²) in [6.45, 7) is 1.89. The first kappa shape index (κ1) is 21.2. The third-order valence-electron chi connectivity index (χ3n) is 5.88. The van der Waals surface area contributed by atoms with Crippen molar-refractivity contribution < 1.29 is 13.2 Å². The van der Waals surface area contributed by atoms with Gasteiger partial charge in [-0.1, -0.05) is 17.7 Å². The number of rotatable bonds is 5. The smallest absolute Gasteiger partial charge is 0.275 e. The van der Waals surface area contributed by atoms with Crippen LogP contribution in [0.15, 0.2) is 82.7 Å². The fourth-order valence-corrected chi connectivity index (χ4v) is 5.46. The SMILES string of the molecule is Cc1ccc(S(=O)(=O)n2ccc3c(-c4cnccc4OC4=CCCC4)cn(C)c(=O)c32)cc1. The van der Waals surface area contributed by atoms with E-state index in [0.29, 0.717) is 22.3 Å². The minimum Gasteiger partial charge on any atom is -0.461 e. The number of aryl methyl sites for hydroxylation is 2. The van der Waals surface area contributed by atoms with Gasteiger partial charge in [-0.15, -0.1) is 0 Å². The number of ether oxygens (including phenoxy) is 1. The molecule has 0 atom stereocenters. The molecule has 0 fully saturated rings. The average Bonchev–Trinajstić information content (AvgIpc) is 3.48. The van der Waals surface area contributed by atoms with Crippen LogP contribution in [0.25, 0.3) is 22.0 Å². The van der Waals surface area contributed by atoms with Gasteiger partial charge in [-0.3, -0.25) is 9.78 Å². The van der Waals surface area contributed by atoms with Gasteiger partial charge in [0.25, 0.3) is 15.6 Å². The first-order chi connectivity index (χ1) is 15.9. The van der Waals surface area contributed by atoms with Gasteiger partial charge in [-0.2, -0.15) is 0 Å². The molecule has 5 rings (SSSR count). The Morgan fingerprint density at radius 2 is 1.85 bits per heavy atom. The summed E-state index contributed by atoms with van der Waals surface area (Å²) in [5, 5.41) is 0.520. The van der Waals surface area contributed by atoms with Crippen LogP contribution in [0.3, 0.4) is 0 Å². The molecule has 0 bridgehead atoms. The van der Waals surface area contributed by atoms with Crippen LogP contribution in [0.4, 0.5) is 0 Å². The highest BCUT2D eigenvalue weighted by atomic mass is 32.2. The molecule has 0 saturated carbocycles. The van der Waals surface area contributed by atoms with E-state index in [0.717, 1.165) is 34.6 Å². The third kappa shape index (κ3) is 3.66. The molecule has 3 heterocycles. The maximum atomic E-state index is 13.4. The van der Waals surface area contributed by atoms with Crippen molar-refractivity contribution in [2.24, 2.45) is 7.05 Å². The van der Waals surface area contributed by atoms with Crippen LogP contribution >= 0.6 is 0 Å². The molecular weight excluding hydrogens is 438 g/mol. The van der Waals surface area contributed by atoms with E-state index in [4.69, 9.17) is 4.74 Å². The van der Waals surface area contributed by atoms with Crippen LogP contribution in [-0.2, 0) is 17.1 Å². The van der Waals surface area contributed by atoms with Gasteiger partial charge in [-0.25, -0.2) is 12.4 Å². The number of allylic oxidation sites excluding steroid dienone is 2. The van der Waals surface area contributed by atoms with E-state index >= 15 is 0 Å². The number of hydrogen-bond donors (Lipinski definition) is 0. The Balaban J connectivity index is 1.72. The highest BCUT2D eigenvalue weighted by Gasteiger charge is 2.24. The van der Waals surface area contributed by atoms with Gasteiger partial charge < -0.3 is 9.30 Å². The maximum Gasteiger partial charge on any atom is 0.275 e. The van der Waals surface area contributed by atoms with E-state index in [9.17, 15) is 13.2 Å². The van der Waals surface area contributed by atoms with Gasteiger partial charge in [0, 0.05) is 54.8 Å². The Hall–Kier alpha value is -3.65. The van der Waals surface area contributed by atoms with E-state index in [2.05, 4.69) is 11.1 Å². The Kier molecular flexibility index (Phi) is 5.17. The molecule has 0 radical (unpaired) electrons. The predicted molar refractivity (Wildman–Crippen MR) is 127 cm³/mol. The number of aromatic nitrogens is 3. The molecule has 1 aliphatic carbocycles. The topological polar surface area (TPSA) is 83.2 Å². The van der Waals surface area contributed by atoms with Gasteiger partial charge in [0.05, 0.1) is 4.90 Å². The van der Waals surface area contributed by atoms with Crippen molar-refractivity contribution >= 4 is 20.9 Å². The molecule has 1 aromatic carbocycles. The summed E-state index contributed by atoms with van der Waals surface area (Å²) < 4.78 is 35.4. The lowest BCUT2D eigenvalue weighted by Crippen LogP contribution is -2.22. The summed E-state index contributed by atoms with van der Waals surface area (Å²) in [5.74, 6) is 1.52. The zero-order valence-corrected chi connectivity index (χ0v) is 19.2. The summed E-state index contributed by atoms with van der Waals surface area (Å²) in [7, 11) is -2.35. The van der Waals surface area contributed by atoms with Crippen molar-refractivity contribution in [1.29, 1.82) is 0 Å². The predicted octanol–water partition coefficient (Wildman–Crippen LogP) is 4.39. The molecule has 0 unspecified atom stereocenters. The van der Waals surface area contributed by atoms with Crippen LogP contribution in [0.5, 0.6) is 5.75 Å². The van der Waals surface area contributed by atoms with E-state index in [-0.39, 0.29) is 10.4 Å². The third-order valence-corrected chi connectivity index (χ3v) is 7.57. The van der Waals surface area contributed by atoms with Crippen molar-refractivity contribution in [1.82, 2.24) is 13.5 Å². The molecule has 7 nitrogen and oxygen atoms in total. The molecule has 0 aliphatic heterocycles. The van der Waals surface area contributed by atoms with Crippen molar-refractivity contribution in [3.63, 3.8) is 0 Å². The zero-order valence-electron chi connectivity index (χ0n) is 18.4. The highest BCUT2D eigenvalue weighted by Crippen LogP contribution is 2.36. The number of hydrogen-bond acceptors (Lipinski definition) is 5. The highest BCUT2D eigenvalue weighted by molar-refractivity contribution is 7.90. The fraction of sp³-hybridized carbons (Fsp3) is 0.200. The first-order valence-corrected chi connectivity index (χ1v) is 12.1. The normalized spacial score (nSPS) is 13.9. The van der Waals surface area contributed by atoms with E-state index in [1.807, 2.05) is 6.92 Å². The molecule has 0 N–H and O–H groups in total. The molecule has 4 aromatic rings. The Morgan fingerprint density at radius 3 is 2.58 bits per heavy atom. The summed E-state index contributed by atoms with van der Waals surface area (Å²) in [6, 6.07) is 10.0. The Morgan fingerprint density at radius 1 is 1.06 bits per heavy atom. The van der Waals surface area contributed by atoms with E-state index in [1.54, 1.807) is 62.0 Å². The standard InChI is InChI=1S/C25H23N3O4S/c1-17-7-9-19(10-8-17)33(30,31)28-14-12-20-22(16-27(2)25(29)24(20)28)21-15-26-13-11-23(21)32-18-5-3-4-6-18/h5,7-16H,3-4,6H2,1-2H3. The molecule has 0 spiro atoms. The van der Waals surface area contributed by atoms with Crippen molar-refractivity contribution in [3.8, 4) is 16.9 Å². The van der Waals surface area contributed by atoms with E-state index in [1.165, 1.54) is 10.8 Å². The minimum absolute atomic E-state index is 0.0884. The van der Waals surface area contributed by atoms with Crippen molar-refractivity contribution in [2.75, 3.05) is 0 Å². The van der Waals surface area contributed by atoms with Crippen LogP contribution in [0, 0.1) is 6.92 Å². The second-order valence-corrected chi connectivity index (χ2v) is 10.0. The molecule has 0 saturated heterocycles. The molecule has 3 aromatic heterocycles. The first-order valence-electron chi connectivity index (χ1n) is 10.7. The lowest BCUT2D eigenvalue weighted by atomic mass is 10.1. The van der Waals surface area contributed by atoms with Crippen molar-refractivity contribution in [2.45, 2.75) is 31.1 Å². The zero-order chi connectivity index (χ0) is 23.2. The Labute approximate surface area is 191 Å². The molecule has 1 aliphatic rings. The summed E-state index contributed by atoms with van der Waals surface area (Å²) >= 11 is 0. The van der Waals surface area contributed by atoms with Gasteiger partial charge in [0.2, 0.25) is 0 Å². The monoisotopic (exact) mass is 461 g/mol. The summed E-state index contributed by atoms with van der Waals surface area (Å²) in [5.41, 5.74) is 2.00. The maximum absolute atomic E-state index is 13.4. The summed E-state index contributed by atoms with van der Waals surface area (Å²) in [6.07, 6.45) is 11.4. The quantitative estimate of drug-likeness (QED) is 0.440.